The van der Waals surface area contributed by atoms with Crippen molar-refractivity contribution in [3.05, 3.63) is 82.7 Å². The van der Waals surface area contributed by atoms with E-state index < -0.39 is 28.1 Å². The van der Waals surface area contributed by atoms with Crippen LogP contribution in [0.4, 0.5) is 13.2 Å². The van der Waals surface area contributed by atoms with E-state index in [1.54, 1.807) is 49.0 Å². The maximum atomic E-state index is 12.8. The molecule has 0 aliphatic heterocycles. The Morgan fingerprint density at radius 2 is 1.57 bits per heavy atom. The van der Waals surface area contributed by atoms with Gasteiger partial charge in [-0.2, -0.15) is 18.3 Å². The first-order valence-electron chi connectivity index (χ1n) is 13.0. The number of nitrogens with zero attached hydrogens (tertiary/aromatic N) is 2. The van der Waals surface area contributed by atoms with Crippen LogP contribution in [0.5, 0.6) is 0 Å². The van der Waals surface area contributed by atoms with Crippen molar-refractivity contribution in [1.82, 2.24) is 9.78 Å². The second kappa shape index (κ2) is 12.5. The molecule has 0 atom stereocenters. The van der Waals surface area contributed by atoms with E-state index in [1.165, 1.54) is 23.9 Å². The van der Waals surface area contributed by atoms with Gasteiger partial charge in [-0.3, -0.25) is 9.48 Å². The van der Waals surface area contributed by atoms with Gasteiger partial charge in [0, 0.05) is 16.7 Å². The number of hydrogen-bond acceptors (Lipinski definition) is 6. The normalized spacial score (nSPS) is 12.3. The van der Waals surface area contributed by atoms with E-state index in [1.807, 2.05) is 27.7 Å². The maximum Gasteiger partial charge on any atom is 0.416 e. The Morgan fingerprint density at radius 3 is 2.12 bits per heavy atom. The van der Waals surface area contributed by atoms with Gasteiger partial charge >= 0.3 is 18.1 Å². The molecular formula is C30H35F3N2O4S. The third-order valence-electron chi connectivity index (χ3n) is 5.75. The van der Waals surface area contributed by atoms with Crippen molar-refractivity contribution in [1.29, 1.82) is 0 Å². The highest BCUT2D eigenvalue weighted by molar-refractivity contribution is 8.01. The maximum absolute atomic E-state index is 12.8. The fourth-order valence-corrected chi connectivity index (χ4v) is 4.75. The van der Waals surface area contributed by atoms with E-state index in [9.17, 15) is 22.8 Å². The molecule has 40 heavy (non-hydrogen) atoms. The molecule has 0 bridgehead atoms. The van der Waals surface area contributed by atoms with Gasteiger partial charge in [-0.05, 0) is 83.0 Å². The molecule has 3 aromatic rings. The number of rotatable bonds is 10. The average molecular weight is 577 g/mol. The lowest BCUT2D eigenvalue weighted by Crippen LogP contribution is -2.36. The second-order valence-electron chi connectivity index (χ2n) is 11.0. The number of aryl methyl sites for hydroxylation is 1. The Labute approximate surface area is 237 Å². The quantitative estimate of drug-likeness (QED) is 0.184. The van der Waals surface area contributed by atoms with Crippen molar-refractivity contribution < 1.29 is 32.2 Å². The van der Waals surface area contributed by atoms with Gasteiger partial charge in [0.2, 0.25) is 0 Å². The molecule has 216 valence electrons. The van der Waals surface area contributed by atoms with E-state index in [0.29, 0.717) is 24.1 Å². The van der Waals surface area contributed by atoms with Crippen LogP contribution in [-0.4, -0.2) is 32.1 Å². The molecule has 0 aliphatic carbocycles. The number of carbonyl (C=O) groups excluding carboxylic acids is 2. The molecule has 0 spiro atoms. The summed E-state index contributed by atoms with van der Waals surface area (Å²) in [4.78, 5) is 26.1. The largest absolute Gasteiger partial charge is 0.459 e. The molecule has 6 nitrogen and oxygen atoms in total. The molecule has 1 aromatic heterocycles. The van der Waals surface area contributed by atoms with Crippen molar-refractivity contribution in [3.63, 3.8) is 0 Å². The van der Waals surface area contributed by atoms with E-state index in [2.05, 4.69) is 5.10 Å². The number of benzene rings is 2. The zero-order valence-electron chi connectivity index (χ0n) is 23.6. The SMILES string of the molecule is CCCc1nn(Cc2ccc(C(F)(F)F)cc2)cc1COC(=O)c1ccc(SC(C)(C)C(=O)OC(C)(C)C)cc1. The van der Waals surface area contributed by atoms with Crippen LogP contribution in [0.15, 0.2) is 59.6 Å². The lowest BCUT2D eigenvalue weighted by Gasteiger charge is -2.28. The lowest BCUT2D eigenvalue weighted by molar-refractivity contribution is -0.156. The van der Waals surface area contributed by atoms with E-state index in [0.717, 1.165) is 34.7 Å². The van der Waals surface area contributed by atoms with Crippen molar-refractivity contribution >= 4 is 23.7 Å². The Hall–Kier alpha value is -3.27. The summed E-state index contributed by atoms with van der Waals surface area (Å²) < 4.78 is 50.4. The average Bonchev–Trinajstić information content (AvgIpc) is 3.22. The van der Waals surface area contributed by atoms with Crippen LogP contribution in [-0.2, 0) is 40.0 Å². The molecular weight excluding hydrogens is 541 g/mol. The van der Waals surface area contributed by atoms with Crippen LogP contribution >= 0.6 is 11.8 Å². The van der Waals surface area contributed by atoms with Crippen LogP contribution in [0.3, 0.4) is 0 Å². The summed E-state index contributed by atoms with van der Waals surface area (Å²) in [6, 6.07) is 11.8. The van der Waals surface area contributed by atoms with Gasteiger partial charge in [-0.15, -0.1) is 11.8 Å². The Bertz CT molecular complexity index is 1310. The number of esters is 2. The van der Waals surface area contributed by atoms with Crippen LogP contribution in [0.1, 0.15) is 80.7 Å². The van der Waals surface area contributed by atoms with E-state index >= 15 is 0 Å². The van der Waals surface area contributed by atoms with Gasteiger partial charge < -0.3 is 9.47 Å². The minimum Gasteiger partial charge on any atom is -0.459 e. The van der Waals surface area contributed by atoms with Crippen molar-refractivity contribution in [2.45, 2.75) is 89.0 Å². The number of hydrogen-bond donors (Lipinski definition) is 0. The molecule has 0 saturated heterocycles. The summed E-state index contributed by atoms with van der Waals surface area (Å²) in [6.07, 6.45) is -1.12. The van der Waals surface area contributed by atoms with Crippen LogP contribution < -0.4 is 0 Å². The highest BCUT2D eigenvalue weighted by Gasteiger charge is 2.34. The molecule has 3 rings (SSSR count). The van der Waals surface area contributed by atoms with E-state index in [-0.39, 0.29) is 12.6 Å². The Balaban J connectivity index is 1.63. The molecule has 10 heteroatoms. The van der Waals surface area contributed by atoms with Crippen LogP contribution in [0.25, 0.3) is 0 Å². The second-order valence-corrected chi connectivity index (χ2v) is 12.7. The zero-order chi connectivity index (χ0) is 29.7. The highest BCUT2D eigenvalue weighted by atomic mass is 32.2. The fourth-order valence-electron chi connectivity index (χ4n) is 3.76. The summed E-state index contributed by atoms with van der Waals surface area (Å²) in [7, 11) is 0. The molecule has 0 radical (unpaired) electrons. The Kier molecular flexibility index (Phi) is 9.76. The standard InChI is InChI=1S/C30H35F3N2O4S/c1-7-8-25-22(18-35(34-25)17-20-9-13-23(14-10-20)30(31,32)33)19-38-26(36)21-11-15-24(16-12-21)40-29(5,6)27(37)39-28(2,3)4/h9-16,18H,7-8,17,19H2,1-6H3. The Morgan fingerprint density at radius 1 is 0.950 bits per heavy atom. The minimum atomic E-state index is -4.38. The van der Waals surface area contributed by atoms with Gasteiger partial charge in [-0.1, -0.05) is 25.5 Å². The van der Waals surface area contributed by atoms with Gasteiger partial charge in [0.25, 0.3) is 0 Å². The summed E-state index contributed by atoms with van der Waals surface area (Å²) in [5.41, 5.74) is 1.28. The smallest absolute Gasteiger partial charge is 0.416 e. The molecule has 0 amide bonds. The lowest BCUT2D eigenvalue weighted by atomic mass is 10.1. The van der Waals surface area contributed by atoms with Gasteiger partial charge in [0.05, 0.1) is 23.4 Å². The molecule has 0 N–H and O–H groups in total. The third-order valence-corrected chi connectivity index (χ3v) is 6.93. The predicted octanol–water partition coefficient (Wildman–Crippen LogP) is 7.47. The molecule has 0 unspecified atom stereocenters. The molecule has 0 saturated carbocycles. The monoisotopic (exact) mass is 576 g/mol. The zero-order valence-corrected chi connectivity index (χ0v) is 24.4. The molecule has 0 aliphatic rings. The van der Waals surface area contributed by atoms with E-state index in [4.69, 9.17) is 9.47 Å². The first-order valence-corrected chi connectivity index (χ1v) is 13.8. The number of alkyl halides is 3. The highest BCUT2D eigenvalue weighted by Crippen LogP contribution is 2.35. The number of aromatic nitrogens is 2. The molecule has 0 fully saturated rings. The number of halogens is 3. The van der Waals surface area contributed by atoms with Crippen molar-refractivity contribution in [3.8, 4) is 0 Å². The summed E-state index contributed by atoms with van der Waals surface area (Å²) in [5, 5.41) is 4.56. The van der Waals surface area contributed by atoms with Crippen LogP contribution in [0, 0.1) is 0 Å². The molecule has 2 aromatic carbocycles. The summed E-state index contributed by atoms with van der Waals surface area (Å²) >= 11 is 1.34. The van der Waals surface area contributed by atoms with Gasteiger partial charge in [0.1, 0.15) is 17.0 Å². The topological polar surface area (TPSA) is 70.4 Å². The number of thioether (sulfide) groups is 1. The van der Waals surface area contributed by atoms with Gasteiger partial charge in [0.15, 0.2) is 0 Å². The van der Waals surface area contributed by atoms with Crippen molar-refractivity contribution in [2.75, 3.05) is 0 Å². The summed E-state index contributed by atoms with van der Waals surface area (Å²) in [6.45, 7) is 11.4. The van der Waals surface area contributed by atoms with Crippen molar-refractivity contribution in [2.24, 2.45) is 0 Å². The molecule has 1 heterocycles. The number of ether oxygens (including phenoxy) is 2. The fraction of sp³-hybridized carbons (Fsp3) is 0.433. The first kappa shape index (κ1) is 31.3. The minimum absolute atomic E-state index is 0.0172. The summed E-state index contributed by atoms with van der Waals surface area (Å²) in [5.74, 6) is -0.823. The first-order chi connectivity index (χ1) is 18.6. The third kappa shape index (κ3) is 8.87. The predicted molar refractivity (Wildman–Crippen MR) is 148 cm³/mol. The number of carbonyl (C=O) groups is 2. The van der Waals surface area contributed by atoms with Crippen LogP contribution in [0.2, 0.25) is 0 Å². The van der Waals surface area contributed by atoms with Gasteiger partial charge in [-0.25, -0.2) is 4.79 Å².